The Morgan fingerprint density at radius 1 is 1.06 bits per heavy atom. The Morgan fingerprint density at radius 3 is 2.47 bits per heavy atom. The van der Waals surface area contributed by atoms with Crippen LogP contribution in [0.3, 0.4) is 0 Å². The second-order valence-corrected chi connectivity index (χ2v) is 4.55. The van der Waals surface area contributed by atoms with E-state index < -0.39 is 0 Å². The molecular weight excluding hydrogens is 212 g/mol. The van der Waals surface area contributed by atoms with Crippen molar-refractivity contribution >= 4 is 0 Å². The van der Waals surface area contributed by atoms with Crippen molar-refractivity contribution < 1.29 is 5.11 Å². The molecule has 0 aliphatic rings. The van der Waals surface area contributed by atoms with Gasteiger partial charge in [-0.1, -0.05) is 12.8 Å². The van der Waals surface area contributed by atoms with Crippen molar-refractivity contribution in [1.82, 2.24) is 9.88 Å². The summed E-state index contributed by atoms with van der Waals surface area (Å²) in [4.78, 5) is 6.39. The van der Waals surface area contributed by atoms with E-state index >= 15 is 0 Å². The summed E-state index contributed by atoms with van der Waals surface area (Å²) in [7, 11) is 2.17. The number of aliphatic hydroxyl groups excluding tert-OH is 1. The van der Waals surface area contributed by atoms with E-state index in [1.54, 1.807) is 0 Å². The molecule has 0 saturated carbocycles. The topological polar surface area (TPSA) is 36.4 Å². The molecule has 3 heteroatoms. The molecule has 0 bridgehead atoms. The van der Waals surface area contributed by atoms with Crippen molar-refractivity contribution in [2.75, 3.05) is 26.7 Å². The van der Waals surface area contributed by atoms with Crippen LogP contribution in [0, 0.1) is 0 Å². The summed E-state index contributed by atoms with van der Waals surface area (Å²) in [6, 6.07) is 4.16. The molecule has 0 unspecified atom stereocenters. The van der Waals surface area contributed by atoms with Crippen molar-refractivity contribution in [1.29, 1.82) is 0 Å². The summed E-state index contributed by atoms with van der Waals surface area (Å²) < 4.78 is 0. The molecule has 3 nitrogen and oxygen atoms in total. The third-order valence-corrected chi connectivity index (χ3v) is 2.98. The summed E-state index contributed by atoms with van der Waals surface area (Å²) in [5.74, 6) is 0. The average molecular weight is 236 g/mol. The van der Waals surface area contributed by atoms with Gasteiger partial charge < -0.3 is 10.0 Å². The predicted molar refractivity (Wildman–Crippen MR) is 71.0 cm³/mol. The summed E-state index contributed by atoms with van der Waals surface area (Å²) in [6.45, 7) is 2.58. The minimum absolute atomic E-state index is 0.331. The van der Waals surface area contributed by atoms with E-state index in [0.717, 1.165) is 32.4 Å². The zero-order valence-electron chi connectivity index (χ0n) is 10.8. The zero-order chi connectivity index (χ0) is 12.3. The van der Waals surface area contributed by atoms with Crippen molar-refractivity contribution in [3.8, 4) is 0 Å². The van der Waals surface area contributed by atoms with Gasteiger partial charge in [0.2, 0.25) is 0 Å². The first-order valence-electron chi connectivity index (χ1n) is 6.51. The maximum atomic E-state index is 8.67. The molecule has 1 heterocycles. The smallest absolute Gasteiger partial charge is 0.0431 e. The highest BCUT2D eigenvalue weighted by Crippen LogP contribution is 2.02. The Labute approximate surface area is 104 Å². The maximum Gasteiger partial charge on any atom is 0.0431 e. The molecular formula is C14H24N2O. The second kappa shape index (κ2) is 9.14. The Kier molecular flexibility index (Phi) is 7.60. The van der Waals surface area contributed by atoms with E-state index in [1.165, 1.54) is 18.4 Å². The number of unbranched alkanes of at least 4 members (excludes halogenated alkanes) is 3. The molecule has 0 spiro atoms. The number of aromatic nitrogens is 1. The number of rotatable bonds is 9. The van der Waals surface area contributed by atoms with Crippen LogP contribution in [-0.2, 0) is 6.42 Å². The SMILES string of the molecule is CN(CCCCCCO)CCc1ccncc1. The third kappa shape index (κ3) is 7.08. The van der Waals surface area contributed by atoms with Crippen LogP contribution in [0.2, 0.25) is 0 Å². The fraction of sp³-hybridized carbons (Fsp3) is 0.643. The molecule has 0 aromatic carbocycles. The zero-order valence-corrected chi connectivity index (χ0v) is 10.8. The first-order valence-corrected chi connectivity index (χ1v) is 6.51. The predicted octanol–water partition coefficient (Wildman–Crippen LogP) is 2.11. The monoisotopic (exact) mass is 236 g/mol. The molecule has 1 aromatic heterocycles. The quantitative estimate of drug-likeness (QED) is 0.667. The van der Waals surface area contributed by atoms with Crippen LogP contribution in [0.4, 0.5) is 0 Å². The second-order valence-electron chi connectivity index (χ2n) is 4.55. The third-order valence-electron chi connectivity index (χ3n) is 2.98. The first-order chi connectivity index (χ1) is 8.33. The van der Waals surface area contributed by atoms with E-state index in [9.17, 15) is 0 Å². The summed E-state index contributed by atoms with van der Waals surface area (Å²) in [6.07, 6.45) is 9.34. The number of aliphatic hydroxyl groups is 1. The fourth-order valence-corrected chi connectivity index (χ4v) is 1.83. The van der Waals surface area contributed by atoms with E-state index in [0.29, 0.717) is 6.61 Å². The Balaban J connectivity index is 2.03. The first kappa shape index (κ1) is 14.1. The van der Waals surface area contributed by atoms with E-state index in [1.807, 2.05) is 12.4 Å². The molecule has 1 aromatic rings. The van der Waals surface area contributed by atoms with Gasteiger partial charge in [0.25, 0.3) is 0 Å². The van der Waals surface area contributed by atoms with Crippen molar-refractivity contribution in [2.45, 2.75) is 32.1 Å². The summed E-state index contributed by atoms with van der Waals surface area (Å²) in [5, 5.41) is 8.67. The lowest BCUT2D eigenvalue weighted by molar-refractivity contribution is 0.278. The van der Waals surface area contributed by atoms with Gasteiger partial charge in [0, 0.05) is 25.5 Å². The summed E-state index contributed by atoms with van der Waals surface area (Å²) >= 11 is 0. The van der Waals surface area contributed by atoms with Crippen LogP contribution in [0.15, 0.2) is 24.5 Å². The van der Waals surface area contributed by atoms with Gasteiger partial charge in [0.05, 0.1) is 0 Å². The van der Waals surface area contributed by atoms with E-state index in [4.69, 9.17) is 5.11 Å². The molecule has 1 N–H and O–H groups in total. The molecule has 17 heavy (non-hydrogen) atoms. The van der Waals surface area contributed by atoms with Crippen molar-refractivity contribution in [2.24, 2.45) is 0 Å². The van der Waals surface area contributed by atoms with Crippen LogP contribution < -0.4 is 0 Å². The molecule has 0 aliphatic heterocycles. The number of hydrogen-bond acceptors (Lipinski definition) is 3. The Bertz CT molecular complexity index is 277. The number of likely N-dealkylation sites (N-methyl/N-ethyl adjacent to an activating group) is 1. The highest BCUT2D eigenvalue weighted by atomic mass is 16.2. The van der Waals surface area contributed by atoms with Crippen LogP contribution in [0.5, 0.6) is 0 Å². The van der Waals surface area contributed by atoms with Crippen molar-refractivity contribution in [3.05, 3.63) is 30.1 Å². The highest BCUT2D eigenvalue weighted by Gasteiger charge is 1.99. The lowest BCUT2D eigenvalue weighted by Crippen LogP contribution is -2.22. The van der Waals surface area contributed by atoms with Crippen LogP contribution in [-0.4, -0.2) is 41.7 Å². The Hall–Kier alpha value is -0.930. The Morgan fingerprint density at radius 2 is 1.76 bits per heavy atom. The van der Waals surface area contributed by atoms with Crippen molar-refractivity contribution in [3.63, 3.8) is 0 Å². The van der Waals surface area contributed by atoms with E-state index in [-0.39, 0.29) is 0 Å². The lowest BCUT2D eigenvalue weighted by Gasteiger charge is -2.16. The molecule has 0 amide bonds. The minimum atomic E-state index is 0.331. The van der Waals surface area contributed by atoms with Gasteiger partial charge in [0.15, 0.2) is 0 Å². The molecule has 0 fully saturated rings. The maximum absolute atomic E-state index is 8.67. The number of hydrogen-bond donors (Lipinski definition) is 1. The highest BCUT2D eigenvalue weighted by molar-refractivity contribution is 5.09. The average Bonchev–Trinajstić information content (AvgIpc) is 2.37. The number of nitrogens with zero attached hydrogens (tertiary/aromatic N) is 2. The molecule has 0 radical (unpaired) electrons. The van der Waals surface area contributed by atoms with Crippen LogP contribution >= 0.6 is 0 Å². The van der Waals surface area contributed by atoms with Gasteiger partial charge in [-0.25, -0.2) is 0 Å². The standard InChI is InChI=1S/C14H24N2O/c1-16(11-4-2-3-5-13-17)12-8-14-6-9-15-10-7-14/h6-7,9-10,17H,2-5,8,11-13H2,1H3. The largest absolute Gasteiger partial charge is 0.396 e. The van der Waals surface area contributed by atoms with Gasteiger partial charge >= 0.3 is 0 Å². The van der Waals surface area contributed by atoms with E-state index in [2.05, 4.69) is 29.1 Å². The van der Waals surface area contributed by atoms with Gasteiger partial charge in [0.1, 0.15) is 0 Å². The van der Waals surface area contributed by atoms with Crippen LogP contribution in [0.1, 0.15) is 31.2 Å². The number of pyridine rings is 1. The van der Waals surface area contributed by atoms with Gasteiger partial charge in [-0.2, -0.15) is 0 Å². The molecule has 96 valence electrons. The molecule has 0 aliphatic carbocycles. The lowest BCUT2D eigenvalue weighted by atomic mass is 10.1. The summed E-state index contributed by atoms with van der Waals surface area (Å²) in [5.41, 5.74) is 1.35. The normalized spacial score (nSPS) is 11.0. The molecule has 1 rings (SSSR count). The van der Waals surface area contributed by atoms with Gasteiger partial charge in [-0.05, 0) is 50.6 Å². The minimum Gasteiger partial charge on any atom is -0.396 e. The van der Waals surface area contributed by atoms with Crippen LogP contribution in [0.25, 0.3) is 0 Å². The van der Waals surface area contributed by atoms with Gasteiger partial charge in [-0.3, -0.25) is 4.98 Å². The fourth-order valence-electron chi connectivity index (χ4n) is 1.83. The molecule has 0 saturated heterocycles. The van der Waals surface area contributed by atoms with Gasteiger partial charge in [-0.15, -0.1) is 0 Å². The molecule has 0 atom stereocenters.